The number of benzene rings is 3. The van der Waals surface area contributed by atoms with Crippen molar-refractivity contribution >= 4 is 56.4 Å². The number of carbonyl (C=O) groups excluding carboxylic acids is 2. The molecule has 0 aromatic heterocycles. The Kier molecular flexibility index (Phi) is 9.25. The van der Waals surface area contributed by atoms with Gasteiger partial charge < -0.3 is 10.6 Å². The van der Waals surface area contributed by atoms with E-state index in [2.05, 4.69) is 31.4 Å². The van der Waals surface area contributed by atoms with Gasteiger partial charge in [0.25, 0.3) is 5.91 Å². The topological polar surface area (TPSA) is 95.6 Å². The number of nitrogens with one attached hydrogen (secondary N) is 2. The highest BCUT2D eigenvalue weighted by Gasteiger charge is 2.33. The summed E-state index contributed by atoms with van der Waals surface area (Å²) >= 11 is 12.4. The Balaban J connectivity index is 1.38. The molecule has 0 unspecified atom stereocenters. The number of sulfonamides is 1. The van der Waals surface area contributed by atoms with E-state index >= 15 is 0 Å². The standard InChI is InChI=1S/C30H33Cl2N3O4S/c1-30(2,3)22-14-12-20(13-15-22)28(36)33-23-8-4-9-24(17-23)34-29(37)21-7-6-16-35(18-21)40(38,39)19-25-26(31)10-5-11-27(25)32/h4-5,8-15,17,21H,6-7,16,18-19H2,1-3H3,(H,33,36)(H,34,37)/t21-/m0/s1. The van der Waals surface area contributed by atoms with Crippen LogP contribution in [-0.4, -0.2) is 37.6 Å². The van der Waals surface area contributed by atoms with E-state index in [1.165, 1.54) is 4.31 Å². The maximum atomic E-state index is 13.2. The molecule has 2 amide bonds. The maximum Gasteiger partial charge on any atom is 0.255 e. The zero-order valence-electron chi connectivity index (χ0n) is 22.7. The van der Waals surface area contributed by atoms with Gasteiger partial charge in [-0.2, -0.15) is 0 Å². The smallest absolute Gasteiger partial charge is 0.255 e. The fraction of sp³-hybridized carbons (Fsp3) is 0.333. The zero-order valence-corrected chi connectivity index (χ0v) is 25.0. The highest BCUT2D eigenvalue weighted by molar-refractivity contribution is 7.88. The van der Waals surface area contributed by atoms with Crippen LogP contribution in [0, 0.1) is 5.92 Å². The van der Waals surface area contributed by atoms with Crippen molar-refractivity contribution in [3.05, 3.63) is 93.5 Å². The van der Waals surface area contributed by atoms with Gasteiger partial charge in [-0.3, -0.25) is 9.59 Å². The van der Waals surface area contributed by atoms with E-state index in [9.17, 15) is 18.0 Å². The average Bonchev–Trinajstić information content (AvgIpc) is 2.91. The van der Waals surface area contributed by atoms with Gasteiger partial charge in [-0.25, -0.2) is 12.7 Å². The molecular formula is C30H33Cl2N3O4S. The Hall–Kier alpha value is -2.91. The largest absolute Gasteiger partial charge is 0.326 e. The van der Waals surface area contributed by atoms with Crippen molar-refractivity contribution in [2.75, 3.05) is 23.7 Å². The Morgan fingerprint density at radius 3 is 2.15 bits per heavy atom. The van der Waals surface area contributed by atoms with Crippen LogP contribution >= 0.6 is 23.2 Å². The number of rotatable bonds is 7. The van der Waals surface area contributed by atoms with Gasteiger partial charge in [0.05, 0.1) is 11.7 Å². The molecule has 0 spiro atoms. The van der Waals surface area contributed by atoms with Crippen LogP contribution in [-0.2, 0) is 26.0 Å². The molecule has 0 aliphatic carbocycles. The fourth-order valence-electron chi connectivity index (χ4n) is 4.60. The number of halogens is 2. The lowest BCUT2D eigenvalue weighted by Crippen LogP contribution is -2.44. The molecular weight excluding hydrogens is 569 g/mol. The second-order valence-corrected chi connectivity index (χ2v) is 13.8. The minimum absolute atomic E-state index is 0.00949. The highest BCUT2D eigenvalue weighted by atomic mass is 35.5. The summed E-state index contributed by atoms with van der Waals surface area (Å²) in [4.78, 5) is 25.9. The van der Waals surface area contributed by atoms with E-state index < -0.39 is 15.9 Å². The van der Waals surface area contributed by atoms with E-state index in [0.29, 0.717) is 41.9 Å². The molecule has 4 rings (SSSR count). The third-order valence-corrected chi connectivity index (χ3v) is 9.42. The Morgan fingerprint density at radius 2 is 1.52 bits per heavy atom. The molecule has 1 heterocycles. The van der Waals surface area contributed by atoms with Crippen LogP contribution in [0.5, 0.6) is 0 Å². The van der Waals surface area contributed by atoms with Gasteiger partial charge in [-0.05, 0) is 66.3 Å². The van der Waals surface area contributed by atoms with Crippen LogP contribution in [0.25, 0.3) is 0 Å². The van der Waals surface area contributed by atoms with Crippen molar-refractivity contribution in [2.45, 2.75) is 44.8 Å². The summed E-state index contributed by atoms with van der Waals surface area (Å²) in [5.74, 6) is -1.39. The van der Waals surface area contributed by atoms with Crippen LogP contribution in [0.1, 0.15) is 55.1 Å². The van der Waals surface area contributed by atoms with Crippen molar-refractivity contribution < 1.29 is 18.0 Å². The van der Waals surface area contributed by atoms with Crippen molar-refractivity contribution in [1.82, 2.24) is 4.31 Å². The molecule has 1 aliphatic rings. The van der Waals surface area contributed by atoms with Crippen LogP contribution in [0.4, 0.5) is 11.4 Å². The summed E-state index contributed by atoms with van der Waals surface area (Å²) in [7, 11) is -3.74. The molecule has 40 heavy (non-hydrogen) atoms. The maximum absolute atomic E-state index is 13.2. The predicted octanol–water partition coefficient (Wildman–Crippen LogP) is 6.72. The predicted molar refractivity (Wildman–Crippen MR) is 162 cm³/mol. The first-order valence-electron chi connectivity index (χ1n) is 13.1. The van der Waals surface area contributed by atoms with Gasteiger partial charge in [-0.15, -0.1) is 0 Å². The first-order chi connectivity index (χ1) is 18.8. The number of hydrogen-bond donors (Lipinski definition) is 2. The zero-order chi connectivity index (χ0) is 29.1. The molecule has 10 heteroatoms. The number of nitrogens with zero attached hydrogens (tertiary/aromatic N) is 1. The molecule has 1 aliphatic heterocycles. The molecule has 3 aromatic rings. The lowest BCUT2D eigenvalue weighted by Gasteiger charge is -2.31. The Bertz CT molecular complexity index is 1480. The van der Waals surface area contributed by atoms with Gasteiger partial charge >= 0.3 is 0 Å². The fourth-order valence-corrected chi connectivity index (χ4v) is 6.96. The van der Waals surface area contributed by atoms with E-state index in [1.807, 2.05) is 12.1 Å². The minimum Gasteiger partial charge on any atom is -0.326 e. The molecule has 0 radical (unpaired) electrons. The van der Waals surface area contributed by atoms with E-state index in [0.717, 1.165) is 5.56 Å². The first-order valence-corrected chi connectivity index (χ1v) is 15.4. The Labute approximate surface area is 245 Å². The van der Waals surface area contributed by atoms with Gasteiger partial charge in [0.2, 0.25) is 15.9 Å². The number of amides is 2. The summed E-state index contributed by atoms with van der Waals surface area (Å²) in [5, 5.41) is 6.32. The normalized spacial score (nSPS) is 16.4. The molecule has 3 aromatic carbocycles. The quantitative estimate of drug-likeness (QED) is 0.314. The van der Waals surface area contributed by atoms with Gasteiger partial charge in [0.15, 0.2) is 0 Å². The SMILES string of the molecule is CC(C)(C)c1ccc(C(=O)Nc2cccc(NC(=O)[C@H]3CCCN(S(=O)(=O)Cc4c(Cl)cccc4Cl)C3)c2)cc1. The third kappa shape index (κ3) is 7.43. The summed E-state index contributed by atoms with van der Waals surface area (Å²) < 4.78 is 27.6. The summed E-state index contributed by atoms with van der Waals surface area (Å²) in [6, 6.07) is 19.2. The van der Waals surface area contributed by atoms with E-state index in [-0.39, 0.29) is 39.6 Å². The number of piperidine rings is 1. The molecule has 212 valence electrons. The average molecular weight is 603 g/mol. The lowest BCUT2D eigenvalue weighted by atomic mass is 9.87. The second-order valence-electron chi connectivity index (χ2n) is 11.0. The molecule has 0 saturated carbocycles. The number of anilines is 2. The third-order valence-electron chi connectivity index (χ3n) is 6.94. The molecule has 1 fully saturated rings. The van der Waals surface area contributed by atoms with Crippen molar-refractivity contribution in [2.24, 2.45) is 5.92 Å². The summed E-state index contributed by atoms with van der Waals surface area (Å²) in [5.41, 5.74) is 3.05. The van der Waals surface area contributed by atoms with Crippen molar-refractivity contribution in [3.63, 3.8) is 0 Å². The summed E-state index contributed by atoms with van der Waals surface area (Å²) in [6.07, 6.45) is 1.11. The molecule has 1 saturated heterocycles. The Morgan fingerprint density at radius 1 is 0.925 bits per heavy atom. The monoisotopic (exact) mass is 601 g/mol. The van der Waals surface area contributed by atoms with Crippen molar-refractivity contribution in [1.29, 1.82) is 0 Å². The summed E-state index contributed by atoms with van der Waals surface area (Å²) in [6.45, 7) is 6.73. The number of carbonyl (C=O) groups is 2. The molecule has 0 bridgehead atoms. The minimum atomic E-state index is -3.74. The van der Waals surface area contributed by atoms with E-state index in [1.54, 1.807) is 54.6 Å². The molecule has 7 nitrogen and oxygen atoms in total. The van der Waals surface area contributed by atoms with Crippen LogP contribution in [0.2, 0.25) is 10.0 Å². The van der Waals surface area contributed by atoms with E-state index in [4.69, 9.17) is 23.2 Å². The van der Waals surface area contributed by atoms with Gasteiger partial charge in [-0.1, -0.05) is 68.2 Å². The molecule has 1 atom stereocenters. The second kappa shape index (κ2) is 12.3. The highest BCUT2D eigenvalue weighted by Crippen LogP contribution is 2.29. The van der Waals surface area contributed by atoms with Gasteiger partial charge in [0, 0.05) is 45.6 Å². The van der Waals surface area contributed by atoms with Crippen LogP contribution in [0.15, 0.2) is 66.7 Å². The van der Waals surface area contributed by atoms with Gasteiger partial charge in [0.1, 0.15) is 0 Å². The number of hydrogen-bond acceptors (Lipinski definition) is 4. The first kappa shape index (κ1) is 30.1. The van der Waals surface area contributed by atoms with Crippen molar-refractivity contribution in [3.8, 4) is 0 Å². The lowest BCUT2D eigenvalue weighted by molar-refractivity contribution is -0.120. The molecule has 2 N–H and O–H groups in total. The van der Waals surface area contributed by atoms with Crippen LogP contribution in [0.3, 0.4) is 0 Å². The van der Waals surface area contributed by atoms with Crippen LogP contribution < -0.4 is 10.6 Å².